The van der Waals surface area contributed by atoms with Crippen molar-refractivity contribution in [3.05, 3.63) is 68.6 Å². The number of hydrogen-bond acceptors (Lipinski definition) is 9. The van der Waals surface area contributed by atoms with E-state index in [2.05, 4.69) is 15.4 Å². The van der Waals surface area contributed by atoms with Crippen LogP contribution < -0.4 is 19.7 Å². The van der Waals surface area contributed by atoms with Gasteiger partial charge in [-0.15, -0.1) is 0 Å². The maximum atomic E-state index is 12.5. The van der Waals surface area contributed by atoms with Gasteiger partial charge in [0.15, 0.2) is 23.8 Å². The highest BCUT2D eigenvalue weighted by molar-refractivity contribution is 6.33. The van der Waals surface area contributed by atoms with E-state index in [-0.39, 0.29) is 29.7 Å². The minimum absolute atomic E-state index is 0.0385. The Morgan fingerprint density at radius 1 is 1.22 bits per heavy atom. The lowest BCUT2D eigenvalue weighted by molar-refractivity contribution is -0.386. The van der Waals surface area contributed by atoms with Gasteiger partial charge in [-0.3, -0.25) is 14.9 Å². The molecule has 0 spiro atoms. The molecule has 37 heavy (non-hydrogen) atoms. The molecule has 1 fully saturated rings. The fourth-order valence-electron chi connectivity index (χ4n) is 3.78. The maximum absolute atomic E-state index is 12.5. The normalized spacial score (nSPS) is 13.5. The first-order chi connectivity index (χ1) is 17.9. The molecular weight excluding hydrogens is 504 g/mol. The molecule has 1 aliphatic heterocycles. The van der Waals surface area contributed by atoms with E-state index in [1.165, 1.54) is 20.1 Å². The summed E-state index contributed by atoms with van der Waals surface area (Å²) < 4.78 is 21.4. The van der Waals surface area contributed by atoms with E-state index in [1.807, 2.05) is 6.07 Å². The second-order valence-corrected chi connectivity index (χ2v) is 8.49. The van der Waals surface area contributed by atoms with E-state index >= 15 is 0 Å². The first-order valence-electron chi connectivity index (χ1n) is 11.4. The van der Waals surface area contributed by atoms with Crippen molar-refractivity contribution < 1.29 is 28.5 Å². The number of hydrogen-bond donors (Lipinski definition) is 1. The van der Waals surface area contributed by atoms with Gasteiger partial charge in [-0.05, 0) is 48.9 Å². The van der Waals surface area contributed by atoms with Crippen LogP contribution in [0.15, 0.2) is 40.9 Å². The van der Waals surface area contributed by atoms with Crippen LogP contribution in [-0.2, 0) is 9.53 Å². The number of rotatable bonds is 9. The third-order valence-electron chi connectivity index (χ3n) is 5.60. The van der Waals surface area contributed by atoms with Crippen molar-refractivity contribution >= 4 is 46.7 Å². The summed E-state index contributed by atoms with van der Waals surface area (Å²) >= 11 is 6.43. The minimum atomic E-state index is -0.541. The van der Waals surface area contributed by atoms with Gasteiger partial charge in [0.2, 0.25) is 5.76 Å². The third kappa shape index (κ3) is 6.38. The molecule has 0 aliphatic carbocycles. The number of ether oxygens (including phenoxy) is 3. The Kier molecular flexibility index (Phi) is 8.26. The van der Waals surface area contributed by atoms with E-state index in [9.17, 15) is 14.9 Å². The molecule has 0 atom stereocenters. The van der Waals surface area contributed by atoms with E-state index in [0.717, 1.165) is 18.8 Å². The van der Waals surface area contributed by atoms with Crippen LogP contribution in [0.3, 0.4) is 0 Å². The highest BCUT2D eigenvalue weighted by Crippen LogP contribution is 2.31. The highest BCUT2D eigenvalue weighted by Gasteiger charge is 2.22. The molecule has 0 bridgehead atoms. The molecular formula is C25H25ClN4O7. The molecule has 2 heterocycles. The van der Waals surface area contributed by atoms with E-state index < -0.39 is 4.92 Å². The molecule has 0 saturated carbocycles. The quantitative estimate of drug-likeness (QED) is 0.313. The molecule has 1 N–H and O–H groups in total. The summed E-state index contributed by atoms with van der Waals surface area (Å²) in [6.07, 6.45) is 3.08. The Bertz CT molecular complexity index is 1320. The van der Waals surface area contributed by atoms with Crippen molar-refractivity contribution in [3.63, 3.8) is 0 Å². The second kappa shape index (κ2) is 11.8. The molecule has 3 aromatic rings. The number of amides is 1. The summed E-state index contributed by atoms with van der Waals surface area (Å²) in [7, 11) is 1.47. The monoisotopic (exact) mass is 528 g/mol. The number of nitrogens with one attached hydrogen (secondary N) is 1. The summed E-state index contributed by atoms with van der Waals surface area (Å²) in [5.41, 5.74) is 2.13. The summed E-state index contributed by atoms with van der Waals surface area (Å²) in [4.78, 5) is 25.3. The molecule has 1 aromatic heterocycles. The predicted octanol–water partition coefficient (Wildman–Crippen LogP) is 4.58. The fraction of sp³-hybridized carbons (Fsp3) is 0.280. The van der Waals surface area contributed by atoms with Gasteiger partial charge in [0.1, 0.15) is 0 Å². The van der Waals surface area contributed by atoms with E-state index in [0.29, 0.717) is 41.0 Å². The number of carbonyl (C=O) groups is 1. The number of benzene rings is 2. The molecule has 2 aromatic carbocycles. The highest BCUT2D eigenvalue weighted by atomic mass is 35.5. The Hall–Kier alpha value is -4.09. The smallest absolute Gasteiger partial charge is 0.338 e. The van der Waals surface area contributed by atoms with Gasteiger partial charge in [-0.1, -0.05) is 28.9 Å². The zero-order valence-electron chi connectivity index (χ0n) is 20.2. The summed E-state index contributed by atoms with van der Waals surface area (Å²) in [6.45, 7) is 4.06. The molecule has 11 nitrogen and oxygen atoms in total. The Balaban J connectivity index is 1.36. The molecule has 1 saturated heterocycles. The summed E-state index contributed by atoms with van der Waals surface area (Å²) in [5, 5.41) is 18.1. The number of nitrogens with zero attached hydrogens (tertiary/aromatic N) is 3. The Labute approximate surface area is 217 Å². The summed E-state index contributed by atoms with van der Waals surface area (Å²) in [5.74, 6) is 0.416. The average molecular weight is 529 g/mol. The number of anilines is 2. The van der Waals surface area contributed by atoms with Gasteiger partial charge in [-0.25, -0.2) is 0 Å². The van der Waals surface area contributed by atoms with Crippen molar-refractivity contribution in [2.45, 2.75) is 6.92 Å². The number of methoxy groups -OCH3 is 1. The SMILES string of the molecule is COc1cc(/C=C/c2onc(C)c2[N+](=O)[O-])ccc1OCC(=O)Nc1ccc(N2CCOCC2)c(Cl)c1. The van der Waals surface area contributed by atoms with Gasteiger partial charge in [0, 0.05) is 18.8 Å². The maximum Gasteiger partial charge on any atom is 0.338 e. The van der Waals surface area contributed by atoms with Crippen molar-refractivity contribution in [1.29, 1.82) is 0 Å². The molecule has 0 radical (unpaired) electrons. The standard InChI is InChI=1S/C25H25ClN4O7/c1-16-25(30(32)33)22(37-28-16)8-4-17-3-7-21(23(13-17)34-2)36-15-24(31)27-18-5-6-20(19(26)14-18)29-9-11-35-12-10-29/h3-8,13-14H,9-12,15H2,1-2H3,(H,27,31)/b8-4+. The first kappa shape index (κ1) is 26.0. The average Bonchev–Trinajstić information content (AvgIpc) is 3.27. The van der Waals surface area contributed by atoms with Crippen molar-refractivity contribution in [2.75, 3.05) is 50.2 Å². The topological polar surface area (TPSA) is 129 Å². The minimum Gasteiger partial charge on any atom is -0.493 e. The van der Waals surface area contributed by atoms with Crippen LogP contribution in [0.5, 0.6) is 11.5 Å². The number of halogens is 1. The van der Waals surface area contributed by atoms with Crippen LogP contribution >= 0.6 is 11.6 Å². The lowest BCUT2D eigenvalue weighted by atomic mass is 10.1. The van der Waals surface area contributed by atoms with Crippen LogP contribution in [0.4, 0.5) is 17.1 Å². The zero-order chi connectivity index (χ0) is 26.4. The predicted molar refractivity (Wildman–Crippen MR) is 138 cm³/mol. The fourth-order valence-corrected chi connectivity index (χ4v) is 4.08. The van der Waals surface area contributed by atoms with Gasteiger partial charge >= 0.3 is 5.69 Å². The molecule has 12 heteroatoms. The number of nitro groups is 1. The van der Waals surface area contributed by atoms with E-state index in [1.54, 1.807) is 36.4 Å². The van der Waals surface area contributed by atoms with Gasteiger partial charge < -0.3 is 29.0 Å². The van der Waals surface area contributed by atoms with Crippen molar-refractivity contribution in [2.24, 2.45) is 0 Å². The van der Waals surface area contributed by atoms with Crippen LogP contribution in [0.1, 0.15) is 17.0 Å². The van der Waals surface area contributed by atoms with Gasteiger partial charge in [0.05, 0.1) is 36.0 Å². The Morgan fingerprint density at radius 2 is 2.00 bits per heavy atom. The molecule has 0 unspecified atom stereocenters. The molecule has 1 aliphatic rings. The zero-order valence-corrected chi connectivity index (χ0v) is 21.0. The van der Waals surface area contributed by atoms with Crippen LogP contribution in [-0.4, -0.2) is 56.0 Å². The van der Waals surface area contributed by atoms with Gasteiger partial charge in [-0.2, -0.15) is 0 Å². The van der Waals surface area contributed by atoms with E-state index in [4.69, 9.17) is 30.3 Å². The molecule has 194 valence electrons. The van der Waals surface area contributed by atoms with Crippen LogP contribution in [0.25, 0.3) is 12.2 Å². The number of morpholine rings is 1. The first-order valence-corrected chi connectivity index (χ1v) is 11.7. The molecule has 4 rings (SSSR count). The number of carbonyl (C=O) groups excluding carboxylic acids is 1. The number of aryl methyl sites for hydroxylation is 1. The lowest BCUT2D eigenvalue weighted by Gasteiger charge is -2.29. The Morgan fingerprint density at radius 3 is 2.70 bits per heavy atom. The van der Waals surface area contributed by atoms with Crippen molar-refractivity contribution in [1.82, 2.24) is 5.16 Å². The van der Waals surface area contributed by atoms with Gasteiger partial charge in [0.25, 0.3) is 5.91 Å². The largest absolute Gasteiger partial charge is 0.493 e. The summed E-state index contributed by atoms with van der Waals surface area (Å²) in [6, 6.07) is 10.4. The lowest BCUT2D eigenvalue weighted by Crippen LogP contribution is -2.36. The second-order valence-electron chi connectivity index (χ2n) is 8.08. The third-order valence-corrected chi connectivity index (χ3v) is 5.90. The number of aromatic nitrogens is 1. The van der Waals surface area contributed by atoms with Crippen LogP contribution in [0.2, 0.25) is 5.02 Å². The van der Waals surface area contributed by atoms with Crippen molar-refractivity contribution in [3.8, 4) is 11.5 Å². The molecule has 1 amide bonds. The van der Waals surface area contributed by atoms with Crippen LogP contribution in [0, 0.1) is 17.0 Å².